The second-order valence-corrected chi connectivity index (χ2v) is 5.02. The molecule has 0 unspecified atom stereocenters. The Kier molecular flexibility index (Phi) is 5.56. The van der Waals surface area contributed by atoms with Crippen LogP contribution < -0.4 is 10.1 Å². The molecule has 0 saturated heterocycles. The molecule has 0 bridgehead atoms. The molecule has 1 N–H and O–H groups in total. The number of halogens is 2. The summed E-state index contributed by atoms with van der Waals surface area (Å²) in [5, 5.41) is 13.4. The van der Waals surface area contributed by atoms with Crippen LogP contribution in [0, 0.1) is 17.1 Å². The number of rotatable bonds is 4. The summed E-state index contributed by atoms with van der Waals surface area (Å²) >= 11 is 0. The number of nitrogens with zero attached hydrogens (tertiary/aromatic N) is 2. The van der Waals surface area contributed by atoms with E-state index in [1.54, 1.807) is 19.2 Å². The van der Waals surface area contributed by atoms with E-state index in [1.807, 2.05) is 18.2 Å². The summed E-state index contributed by atoms with van der Waals surface area (Å²) in [6, 6.07) is 13.9. The molecule has 0 atom stereocenters. The first-order valence-electron chi connectivity index (χ1n) is 7.06. The van der Waals surface area contributed by atoms with Crippen molar-refractivity contribution in [2.75, 3.05) is 12.4 Å². The maximum atomic E-state index is 13.0. The normalized spacial score (nSPS) is 9.88. The number of nitriles is 1. The SMILES string of the molecule is COc1ccc2c(NCc3ccc(F)cc3)c(C#N)cnc2c1.Cl. The zero-order valence-corrected chi connectivity index (χ0v) is 13.7. The third kappa shape index (κ3) is 3.55. The highest BCUT2D eigenvalue weighted by molar-refractivity contribution is 5.94. The molecule has 0 radical (unpaired) electrons. The minimum absolute atomic E-state index is 0. The van der Waals surface area contributed by atoms with E-state index in [0.717, 1.165) is 16.5 Å². The maximum absolute atomic E-state index is 13.0. The number of benzene rings is 2. The second kappa shape index (κ2) is 7.62. The van der Waals surface area contributed by atoms with Gasteiger partial charge in [0.15, 0.2) is 0 Å². The van der Waals surface area contributed by atoms with Crippen molar-refractivity contribution in [1.82, 2.24) is 4.98 Å². The maximum Gasteiger partial charge on any atom is 0.123 e. The molecule has 6 heteroatoms. The van der Waals surface area contributed by atoms with E-state index in [1.165, 1.54) is 18.3 Å². The molecule has 0 saturated carbocycles. The smallest absolute Gasteiger partial charge is 0.123 e. The predicted octanol–water partition coefficient (Wildman–Crippen LogP) is 4.29. The van der Waals surface area contributed by atoms with E-state index in [9.17, 15) is 9.65 Å². The molecule has 4 nitrogen and oxygen atoms in total. The third-order valence-corrected chi connectivity index (χ3v) is 3.58. The Morgan fingerprint density at radius 2 is 1.96 bits per heavy atom. The van der Waals surface area contributed by atoms with Crippen molar-refractivity contribution in [2.45, 2.75) is 6.54 Å². The van der Waals surface area contributed by atoms with Crippen LogP contribution in [0.15, 0.2) is 48.7 Å². The lowest BCUT2D eigenvalue weighted by Crippen LogP contribution is -2.03. The lowest BCUT2D eigenvalue weighted by Gasteiger charge is -2.12. The molecule has 1 aromatic heterocycles. The van der Waals surface area contributed by atoms with E-state index in [-0.39, 0.29) is 18.2 Å². The van der Waals surface area contributed by atoms with Crippen molar-refractivity contribution in [1.29, 1.82) is 5.26 Å². The average Bonchev–Trinajstić information content (AvgIpc) is 2.60. The van der Waals surface area contributed by atoms with Gasteiger partial charge in [-0.25, -0.2) is 4.39 Å². The monoisotopic (exact) mass is 343 g/mol. The molecule has 2 aromatic carbocycles. The van der Waals surface area contributed by atoms with Crippen LogP contribution in [0.4, 0.5) is 10.1 Å². The van der Waals surface area contributed by atoms with Crippen molar-refractivity contribution in [2.24, 2.45) is 0 Å². The number of fused-ring (bicyclic) bond motifs is 1. The fourth-order valence-corrected chi connectivity index (χ4v) is 2.37. The summed E-state index contributed by atoms with van der Waals surface area (Å²) in [5.41, 5.74) is 2.84. The molecule has 24 heavy (non-hydrogen) atoms. The van der Waals surface area contributed by atoms with Crippen molar-refractivity contribution in [3.05, 3.63) is 65.6 Å². The van der Waals surface area contributed by atoms with Gasteiger partial charge < -0.3 is 10.1 Å². The number of nitrogens with one attached hydrogen (secondary N) is 1. The molecule has 3 rings (SSSR count). The zero-order chi connectivity index (χ0) is 16.2. The van der Waals surface area contributed by atoms with E-state index >= 15 is 0 Å². The van der Waals surface area contributed by atoms with Crippen LogP contribution in [0.5, 0.6) is 5.75 Å². The van der Waals surface area contributed by atoms with Gasteiger partial charge >= 0.3 is 0 Å². The Morgan fingerprint density at radius 3 is 2.62 bits per heavy atom. The van der Waals surface area contributed by atoms with Gasteiger partial charge in [0, 0.05) is 24.2 Å². The highest BCUT2D eigenvalue weighted by Crippen LogP contribution is 2.28. The van der Waals surface area contributed by atoms with Gasteiger partial charge in [0.25, 0.3) is 0 Å². The topological polar surface area (TPSA) is 57.9 Å². The summed E-state index contributed by atoms with van der Waals surface area (Å²) in [4.78, 5) is 4.30. The molecule has 122 valence electrons. The van der Waals surface area contributed by atoms with E-state index in [4.69, 9.17) is 4.74 Å². The molecular weight excluding hydrogens is 329 g/mol. The molecule has 0 aliphatic carbocycles. The lowest BCUT2D eigenvalue weighted by molar-refractivity contribution is 0.415. The van der Waals surface area contributed by atoms with Gasteiger partial charge in [-0.05, 0) is 29.8 Å². The molecule has 0 amide bonds. The van der Waals surface area contributed by atoms with Gasteiger partial charge in [-0.15, -0.1) is 12.4 Å². The van der Waals surface area contributed by atoms with Gasteiger partial charge in [-0.2, -0.15) is 5.26 Å². The first-order valence-corrected chi connectivity index (χ1v) is 7.06. The van der Waals surface area contributed by atoms with E-state index < -0.39 is 0 Å². The minimum Gasteiger partial charge on any atom is -0.497 e. The van der Waals surface area contributed by atoms with Crippen LogP contribution in [-0.4, -0.2) is 12.1 Å². The number of pyridine rings is 1. The highest BCUT2D eigenvalue weighted by atomic mass is 35.5. The number of methoxy groups -OCH3 is 1. The summed E-state index contributed by atoms with van der Waals surface area (Å²) in [6.07, 6.45) is 1.54. The fraction of sp³-hybridized carbons (Fsp3) is 0.111. The number of hydrogen-bond acceptors (Lipinski definition) is 4. The number of aromatic nitrogens is 1. The Balaban J connectivity index is 0.00000208. The fourth-order valence-electron chi connectivity index (χ4n) is 2.37. The predicted molar refractivity (Wildman–Crippen MR) is 94.0 cm³/mol. The van der Waals surface area contributed by atoms with Crippen LogP contribution in [-0.2, 0) is 6.54 Å². The molecule has 3 aromatic rings. The number of anilines is 1. The molecule has 1 heterocycles. The van der Waals surface area contributed by atoms with E-state index in [2.05, 4.69) is 16.4 Å². The third-order valence-electron chi connectivity index (χ3n) is 3.58. The van der Waals surface area contributed by atoms with Crippen molar-refractivity contribution < 1.29 is 9.13 Å². The second-order valence-electron chi connectivity index (χ2n) is 5.02. The van der Waals surface area contributed by atoms with Crippen LogP contribution >= 0.6 is 12.4 Å². The van der Waals surface area contributed by atoms with Gasteiger partial charge in [-0.3, -0.25) is 4.98 Å². The zero-order valence-electron chi connectivity index (χ0n) is 12.9. The summed E-state index contributed by atoms with van der Waals surface area (Å²) in [7, 11) is 1.60. The average molecular weight is 344 g/mol. The summed E-state index contributed by atoms with van der Waals surface area (Å²) in [6.45, 7) is 0.486. The van der Waals surface area contributed by atoms with Crippen LogP contribution in [0.1, 0.15) is 11.1 Å². The first-order chi connectivity index (χ1) is 11.2. The Labute approximate surface area is 145 Å². The Hall–Kier alpha value is -2.84. The molecular formula is C18H15ClFN3O. The van der Waals surface area contributed by atoms with Gasteiger partial charge in [0.2, 0.25) is 0 Å². The van der Waals surface area contributed by atoms with Crippen LogP contribution in [0.3, 0.4) is 0 Å². The largest absolute Gasteiger partial charge is 0.497 e. The van der Waals surface area contributed by atoms with E-state index in [0.29, 0.717) is 23.5 Å². The van der Waals surface area contributed by atoms with Crippen molar-refractivity contribution in [3.63, 3.8) is 0 Å². The highest BCUT2D eigenvalue weighted by Gasteiger charge is 2.09. The lowest BCUT2D eigenvalue weighted by atomic mass is 10.1. The van der Waals surface area contributed by atoms with Gasteiger partial charge in [0.1, 0.15) is 17.6 Å². The summed E-state index contributed by atoms with van der Waals surface area (Å²) < 4.78 is 18.2. The van der Waals surface area contributed by atoms with Crippen LogP contribution in [0.25, 0.3) is 10.9 Å². The molecule has 0 spiro atoms. The van der Waals surface area contributed by atoms with Crippen molar-refractivity contribution >= 4 is 29.0 Å². The van der Waals surface area contributed by atoms with Crippen molar-refractivity contribution in [3.8, 4) is 11.8 Å². The Morgan fingerprint density at radius 1 is 1.21 bits per heavy atom. The summed E-state index contributed by atoms with van der Waals surface area (Å²) in [5.74, 6) is 0.437. The van der Waals surface area contributed by atoms with Gasteiger partial charge in [0.05, 0.1) is 23.9 Å². The molecule has 0 aliphatic rings. The number of hydrogen-bond donors (Lipinski definition) is 1. The molecule has 0 aliphatic heterocycles. The molecule has 0 fully saturated rings. The minimum atomic E-state index is -0.270. The van der Waals surface area contributed by atoms with Gasteiger partial charge in [-0.1, -0.05) is 12.1 Å². The van der Waals surface area contributed by atoms with Crippen LogP contribution in [0.2, 0.25) is 0 Å². The Bertz CT molecular complexity index is 891. The first kappa shape index (κ1) is 17.5. The number of ether oxygens (including phenoxy) is 1. The quantitative estimate of drug-likeness (QED) is 0.767. The standard InChI is InChI=1S/C18H14FN3O.ClH/c1-23-15-6-7-16-17(8-15)21-11-13(9-20)18(16)22-10-12-2-4-14(19)5-3-12;/h2-8,11H,10H2,1H3,(H,21,22);1H.